The molecule has 0 spiro atoms. The van der Waals surface area contributed by atoms with Crippen LogP contribution < -0.4 is 20.5 Å². The van der Waals surface area contributed by atoms with Crippen LogP contribution in [0.2, 0.25) is 0 Å². The van der Waals surface area contributed by atoms with Crippen molar-refractivity contribution in [2.45, 2.75) is 13.0 Å². The van der Waals surface area contributed by atoms with Crippen LogP contribution in [-0.4, -0.2) is 37.6 Å². The molecule has 0 radical (unpaired) electrons. The van der Waals surface area contributed by atoms with Crippen LogP contribution >= 0.6 is 0 Å². The van der Waals surface area contributed by atoms with Gasteiger partial charge in [-0.25, -0.2) is 4.79 Å². The second kappa shape index (κ2) is 9.23. The van der Waals surface area contributed by atoms with Crippen LogP contribution in [0.5, 0.6) is 11.5 Å². The largest absolute Gasteiger partial charge is 0.497 e. The molecule has 0 saturated carbocycles. The number of rotatable bonds is 8. The van der Waals surface area contributed by atoms with Crippen molar-refractivity contribution in [3.8, 4) is 11.5 Å². The van der Waals surface area contributed by atoms with E-state index in [0.717, 1.165) is 0 Å². The van der Waals surface area contributed by atoms with Crippen LogP contribution in [0, 0.1) is 0 Å². The van der Waals surface area contributed by atoms with Crippen molar-refractivity contribution in [3.05, 3.63) is 54.1 Å². The summed E-state index contributed by atoms with van der Waals surface area (Å²) in [6.07, 6.45) is -1.03. The van der Waals surface area contributed by atoms with Gasteiger partial charge in [0.05, 0.1) is 12.7 Å². The van der Waals surface area contributed by atoms with Gasteiger partial charge in [-0.1, -0.05) is 12.1 Å². The zero-order chi connectivity index (χ0) is 19.8. The molecule has 0 fully saturated rings. The van der Waals surface area contributed by atoms with Crippen molar-refractivity contribution in [2.75, 3.05) is 19.0 Å². The molecule has 0 saturated heterocycles. The average molecular weight is 372 g/mol. The summed E-state index contributed by atoms with van der Waals surface area (Å²) in [5, 5.41) is 2.62. The molecule has 2 aromatic rings. The highest BCUT2D eigenvalue weighted by molar-refractivity contribution is 5.96. The van der Waals surface area contributed by atoms with E-state index in [-0.39, 0.29) is 11.3 Å². The van der Waals surface area contributed by atoms with Crippen molar-refractivity contribution < 1.29 is 28.6 Å². The Kier molecular flexibility index (Phi) is 6.76. The SMILES string of the molecule is COc1ccc(NC(=O)[C@H](C)OC(=O)COc2ccccc2C(N)=O)cc1. The molecule has 8 heteroatoms. The van der Waals surface area contributed by atoms with Crippen molar-refractivity contribution in [1.29, 1.82) is 0 Å². The maximum Gasteiger partial charge on any atom is 0.344 e. The number of methoxy groups -OCH3 is 1. The molecule has 0 aromatic heterocycles. The molecule has 142 valence electrons. The number of hydrogen-bond acceptors (Lipinski definition) is 6. The maximum atomic E-state index is 12.1. The van der Waals surface area contributed by atoms with Crippen molar-refractivity contribution >= 4 is 23.5 Å². The highest BCUT2D eigenvalue weighted by Gasteiger charge is 2.19. The van der Waals surface area contributed by atoms with Gasteiger partial charge in [0.25, 0.3) is 11.8 Å². The van der Waals surface area contributed by atoms with Gasteiger partial charge in [0.2, 0.25) is 0 Å². The number of para-hydroxylation sites is 1. The van der Waals surface area contributed by atoms with Crippen LogP contribution in [-0.2, 0) is 14.3 Å². The zero-order valence-corrected chi connectivity index (χ0v) is 14.9. The van der Waals surface area contributed by atoms with Gasteiger partial charge in [0.1, 0.15) is 11.5 Å². The average Bonchev–Trinajstić information content (AvgIpc) is 2.67. The lowest BCUT2D eigenvalue weighted by atomic mass is 10.2. The second-order valence-corrected chi connectivity index (χ2v) is 5.50. The molecule has 2 amide bonds. The van der Waals surface area contributed by atoms with Gasteiger partial charge in [-0.15, -0.1) is 0 Å². The van der Waals surface area contributed by atoms with E-state index >= 15 is 0 Å². The highest BCUT2D eigenvalue weighted by atomic mass is 16.6. The molecule has 0 unspecified atom stereocenters. The molecule has 0 bridgehead atoms. The van der Waals surface area contributed by atoms with Crippen molar-refractivity contribution in [2.24, 2.45) is 5.73 Å². The molecule has 0 heterocycles. The van der Waals surface area contributed by atoms with Crippen molar-refractivity contribution in [1.82, 2.24) is 0 Å². The van der Waals surface area contributed by atoms with E-state index in [9.17, 15) is 14.4 Å². The van der Waals surface area contributed by atoms with E-state index in [0.29, 0.717) is 11.4 Å². The van der Waals surface area contributed by atoms with E-state index < -0.39 is 30.5 Å². The Labute approximate surface area is 156 Å². The Hall–Kier alpha value is -3.55. The summed E-state index contributed by atoms with van der Waals surface area (Å²) < 4.78 is 15.3. The van der Waals surface area contributed by atoms with Gasteiger partial charge >= 0.3 is 5.97 Å². The quantitative estimate of drug-likeness (QED) is 0.682. The standard InChI is InChI=1S/C19H20N2O6/c1-12(19(24)21-13-7-9-14(25-2)10-8-13)27-17(22)11-26-16-6-4-3-5-15(16)18(20)23/h3-10,12H,11H2,1-2H3,(H2,20,23)(H,21,24)/t12-/m0/s1. The first-order valence-corrected chi connectivity index (χ1v) is 8.06. The summed E-state index contributed by atoms with van der Waals surface area (Å²) in [5.41, 5.74) is 5.92. The third-order valence-corrected chi connectivity index (χ3v) is 3.53. The topological polar surface area (TPSA) is 117 Å². The lowest BCUT2D eigenvalue weighted by Crippen LogP contribution is -2.31. The first-order chi connectivity index (χ1) is 12.9. The summed E-state index contributed by atoms with van der Waals surface area (Å²) in [4.78, 5) is 35.3. The van der Waals surface area contributed by atoms with E-state index in [1.807, 2.05) is 0 Å². The zero-order valence-electron chi connectivity index (χ0n) is 14.9. The first-order valence-electron chi connectivity index (χ1n) is 8.06. The predicted octanol–water partition coefficient (Wildman–Crippen LogP) is 1.74. The minimum absolute atomic E-state index is 0.149. The fourth-order valence-electron chi connectivity index (χ4n) is 2.14. The van der Waals surface area contributed by atoms with Crippen LogP contribution in [0.4, 0.5) is 5.69 Å². The summed E-state index contributed by atoms with van der Waals surface area (Å²) >= 11 is 0. The molecule has 27 heavy (non-hydrogen) atoms. The fraction of sp³-hybridized carbons (Fsp3) is 0.211. The molecular weight excluding hydrogens is 352 g/mol. The van der Waals surface area contributed by atoms with Gasteiger partial charge in [-0.3, -0.25) is 9.59 Å². The number of benzene rings is 2. The Morgan fingerprint density at radius 3 is 2.37 bits per heavy atom. The number of carbonyl (C=O) groups is 3. The van der Waals surface area contributed by atoms with E-state index in [4.69, 9.17) is 19.9 Å². The monoisotopic (exact) mass is 372 g/mol. The Morgan fingerprint density at radius 2 is 1.74 bits per heavy atom. The lowest BCUT2D eigenvalue weighted by molar-refractivity contribution is -0.155. The summed E-state index contributed by atoms with van der Waals surface area (Å²) in [5.74, 6) is -1.11. The normalized spacial score (nSPS) is 11.2. The summed E-state index contributed by atoms with van der Waals surface area (Å²) in [6.45, 7) is 0.971. The van der Waals surface area contributed by atoms with Crippen LogP contribution in [0.1, 0.15) is 17.3 Å². The first kappa shape index (κ1) is 19.8. The lowest BCUT2D eigenvalue weighted by Gasteiger charge is -2.14. The molecule has 8 nitrogen and oxygen atoms in total. The number of anilines is 1. The number of nitrogens with one attached hydrogen (secondary N) is 1. The Morgan fingerprint density at radius 1 is 1.07 bits per heavy atom. The molecule has 0 aliphatic heterocycles. The number of carbonyl (C=O) groups excluding carboxylic acids is 3. The number of hydrogen-bond donors (Lipinski definition) is 2. The summed E-state index contributed by atoms with van der Waals surface area (Å²) in [6, 6.07) is 13.0. The third-order valence-electron chi connectivity index (χ3n) is 3.53. The number of esters is 1. The highest BCUT2D eigenvalue weighted by Crippen LogP contribution is 2.17. The molecule has 0 aliphatic rings. The van der Waals surface area contributed by atoms with Gasteiger partial charge < -0.3 is 25.3 Å². The van der Waals surface area contributed by atoms with E-state index in [1.54, 1.807) is 43.5 Å². The minimum atomic E-state index is -1.03. The third kappa shape index (κ3) is 5.74. The Bertz CT molecular complexity index is 819. The molecule has 2 aromatic carbocycles. The van der Waals surface area contributed by atoms with Crippen LogP contribution in [0.3, 0.4) is 0 Å². The number of ether oxygens (including phenoxy) is 3. The smallest absolute Gasteiger partial charge is 0.344 e. The molecule has 0 aliphatic carbocycles. The molecule has 3 N–H and O–H groups in total. The fourth-order valence-corrected chi connectivity index (χ4v) is 2.14. The van der Waals surface area contributed by atoms with Crippen LogP contribution in [0.25, 0.3) is 0 Å². The van der Waals surface area contributed by atoms with E-state index in [2.05, 4.69) is 5.32 Å². The van der Waals surface area contributed by atoms with Gasteiger partial charge in [0.15, 0.2) is 12.7 Å². The minimum Gasteiger partial charge on any atom is -0.497 e. The predicted molar refractivity (Wildman–Crippen MR) is 97.6 cm³/mol. The Balaban J connectivity index is 1.85. The van der Waals surface area contributed by atoms with Crippen LogP contribution in [0.15, 0.2) is 48.5 Å². The van der Waals surface area contributed by atoms with E-state index in [1.165, 1.54) is 19.1 Å². The maximum absolute atomic E-state index is 12.1. The molecular formula is C19H20N2O6. The van der Waals surface area contributed by atoms with Gasteiger partial charge in [0, 0.05) is 5.69 Å². The number of nitrogens with two attached hydrogens (primary N) is 1. The summed E-state index contributed by atoms with van der Waals surface area (Å²) in [7, 11) is 1.54. The number of primary amides is 1. The number of amides is 2. The molecule has 2 rings (SSSR count). The second-order valence-electron chi connectivity index (χ2n) is 5.50. The van der Waals surface area contributed by atoms with Gasteiger partial charge in [-0.05, 0) is 43.3 Å². The van der Waals surface area contributed by atoms with Gasteiger partial charge in [-0.2, -0.15) is 0 Å². The molecule has 1 atom stereocenters. The van der Waals surface area contributed by atoms with Crippen molar-refractivity contribution in [3.63, 3.8) is 0 Å².